The SMILES string of the molecule is CN=C(NCCCC(=O)N1Cc2ccccc2C1)NCC1CN(CC(C)C)CCO1.I. The van der Waals surface area contributed by atoms with E-state index in [1.54, 1.807) is 7.05 Å². The van der Waals surface area contributed by atoms with Crippen LogP contribution >= 0.6 is 24.0 Å². The van der Waals surface area contributed by atoms with Crippen molar-refractivity contribution in [1.29, 1.82) is 0 Å². The van der Waals surface area contributed by atoms with E-state index in [-0.39, 0.29) is 36.0 Å². The van der Waals surface area contributed by atoms with Crippen LogP contribution in [0.15, 0.2) is 29.3 Å². The number of nitrogens with one attached hydrogen (secondary N) is 2. The van der Waals surface area contributed by atoms with Crippen molar-refractivity contribution in [1.82, 2.24) is 20.4 Å². The molecule has 0 spiro atoms. The van der Waals surface area contributed by atoms with Crippen LogP contribution in [0.1, 0.15) is 37.8 Å². The molecule has 174 valence electrons. The number of benzene rings is 1. The number of ether oxygens (including phenoxy) is 1. The molecule has 1 fully saturated rings. The van der Waals surface area contributed by atoms with Crippen molar-refractivity contribution < 1.29 is 9.53 Å². The van der Waals surface area contributed by atoms with Gasteiger partial charge in [0.25, 0.3) is 0 Å². The fraction of sp³-hybridized carbons (Fsp3) is 0.652. The summed E-state index contributed by atoms with van der Waals surface area (Å²) in [4.78, 5) is 21.2. The molecule has 0 aromatic heterocycles. The molecule has 0 bridgehead atoms. The van der Waals surface area contributed by atoms with Gasteiger partial charge in [0, 0.05) is 59.3 Å². The molecule has 1 atom stereocenters. The first-order valence-corrected chi connectivity index (χ1v) is 11.2. The summed E-state index contributed by atoms with van der Waals surface area (Å²) in [6.45, 7) is 11.3. The van der Waals surface area contributed by atoms with Crippen molar-refractivity contribution in [2.24, 2.45) is 10.9 Å². The molecule has 7 nitrogen and oxygen atoms in total. The van der Waals surface area contributed by atoms with Gasteiger partial charge in [0.1, 0.15) is 0 Å². The minimum atomic E-state index is 0. The number of morpholine rings is 1. The Morgan fingerprint density at radius 1 is 1.23 bits per heavy atom. The summed E-state index contributed by atoms with van der Waals surface area (Å²) in [5.74, 6) is 1.65. The van der Waals surface area contributed by atoms with Gasteiger partial charge in [0.15, 0.2) is 5.96 Å². The number of aliphatic imine (C=N–C) groups is 1. The van der Waals surface area contributed by atoms with Crippen LogP contribution in [0, 0.1) is 5.92 Å². The molecule has 1 saturated heterocycles. The van der Waals surface area contributed by atoms with E-state index in [0.29, 0.717) is 12.3 Å². The summed E-state index contributed by atoms with van der Waals surface area (Å²) in [7, 11) is 1.77. The highest BCUT2D eigenvalue weighted by Crippen LogP contribution is 2.22. The minimum absolute atomic E-state index is 0. The Morgan fingerprint density at radius 2 is 1.94 bits per heavy atom. The largest absolute Gasteiger partial charge is 0.374 e. The van der Waals surface area contributed by atoms with Crippen LogP contribution in [-0.2, 0) is 22.6 Å². The molecule has 8 heteroatoms. The van der Waals surface area contributed by atoms with Crippen LogP contribution in [0.25, 0.3) is 0 Å². The quantitative estimate of drug-likeness (QED) is 0.228. The Labute approximate surface area is 204 Å². The summed E-state index contributed by atoms with van der Waals surface area (Å²) in [5, 5.41) is 6.67. The Balaban J connectivity index is 0.00000341. The van der Waals surface area contributed by atoms with E-state index in [4.69, 9.17) is 4.74 Å². The van der Waals surface area contributed by atoms with E-state index in [1.807, 2.05) is 17.0 Å². The number of hydrogen-bond acceptors (Lipinski definition) is 4. The Kier molecular flexibility index (Phi) is 11.0. The van der Waals surface area contributed by atoms with Gasteiger partial charge >= 0.3 is 0 Å². The maximum atomic E-state index is 12.5. The highest BCUT2D eigenvalue weighted by molar-refractivity contribution is 14.0. The molecule has 2 N–H and O–H groups in total. The van der Waals surface area contributed by atoms with Crippen LogP contribution in [0.5, 0.6) is 0 Å². The molecule has 1 aromatic carbocycles. The van der Waals surface area contributed by atoms with Gasteiger partial charge in [0.2, 0.25) is 5.91 Å². The Hall–Kier alpha value is -1.39. The number of fused-ring (bicyclic) bond motifs is 1. The van der Waals surface area contributed by atoms with E-state index in [2.05, 4.69) is 46.5 Å². The van der Waals surface area contributed by atoms with Crippen molar-refractivity contribution in [3.05, 3.63) is 35.4 Å². The van der Waals surface area contributed by atoms with E-state index < -0.39 is 0 Å². The lowest BCUT2D eigenvalue weighted by Gasteiger charge is -2.34. The van der Waals surface area contributed by atoms with Gasteiger partial charge in [0.05, 0.1) is 12.7 Å². The van der Waals surface area contributed by atoms with Crippen molar-refractivity contribution in [3.63, 3.8) is 0 Å². The Morgan fingerprint density at radius 3 is 2.58 bits per heavy atom. The van der Waals surface area contributed by atoms with Crippen molar-refractivity contribution in [3.8, 4) is 0 Å². The molecule has 31 heavy (non-hydrogen) atoms. The fourth-order valence-electron chi connectivity index (χ4n) is 4.13. The fourth-order valence-corrected chi connectivity index (χ4v) is 4.13. The maximum Gasteiger partial charge on any atom is 0.223 e. The van der Waals surface area contributed by atoms with Gasteiger partial charge in [-0.15, -0.1) is 24.0 Å². The highest BCUT2D eigenvalue weighted by atomic mass is 127. The lowest BCUT2D eigenvalue weighted by molar-refractivity contribution is -0.131. The second kappa shape index (κ2) is 13.2. The molecule has 2 aliphatic heterocycles. The summed E-state index contributed by atoms with van der Waals surface area (Å²) < 4.78 is 5.89. The number of amides is 1. The average molecular weight is 543 g/mol. The topological polar surface area (TPSA) is 69.2 Å². The summed E-state index contributed by atoms with van der Waals surface area (Å²) in [6, 6.07) is 8.29. The van der Waals surface area contributed by atoms with Gasteiger partial charge in [-0.2, -0.15) is 0 Å². The van der Waals surface area contributed by atoms with E-state index in [0.717, 1.165) is 64.8 Å². The molecule has 1 amide bonds. The zero-order valence-electron chi connectivity index (χ0n) is 19.1. The predicted octanol–water partition coefficient (Wildman–Crippen LogP) is 2.45. The number of guanidine groups is 1. The monoisotopic (exact) mass is 543 g/mol. The Bertz CT molecular complexity index is 703. The molecule has 0 aliphatic carbocycles. The van der Waals surface area contributed by atoms with Crippen molar-refractivity contribution >= 4 is 35.8 Å². The predicted molar refractivity (Wildman–Crippen MR) is 136 cm³/mol. The first-order chi connectivity index (χ1) is 14.5. The number of halogens is 1. The summed E-state index contributed by atoms with van der Waals surface area (Å²) in [5.41, 5.74) is 2.54. The maximum absolute atomic E-state index is 12.5. The van der Waals surface area contributed by atoms with Crippen LogP contribution < -0.4 is 10.6 Å². The van der Waals surface area contributed by atoms with E-state index in [1.165, 1.54) is 11.1 Å². The third-order valence-corrected chi connectivity index (χ3v) is 5.62. The zero-order valence-corrected chi connectivity index (χ0v) is 21.4. The normalized spacial score (nSPS) is 19.2. The molecular formula is C23H38IN5O2. The third-order valence-electron chi connectivity index (χ3n) is 5.62. The smallest absolute Gasteiger partial charge is 0.223 e. The molecule has 2 aliphatic rings. The minimum Gasteiger partial charge on any atom is -0.374 e. The first kappa shape index (κ1) is 25.9. The van der Waals surface area contributed by atoms with Gasteiger partial charge in [-0.1, -0.05) is 38.1 Å². The summed E-state index contributed by atoms with van der Waals surface area (Å²) in [6.07, 6.45) is 1.51. The standard InChI is InChI=1S/C23H37N5O2.HI/c1-18(2)14-27-11-12-30-21(17-27)13-26-23(24-3)25-10-6-9-22(29)28-15-19-7-4-5-8-20(19)16-28;/h4-5,7-8,18,21H,6,9-17H2,1-3H3,(H2,24,25,26);1H. The van der Waals surface area contributed by atoms with Gasteiger partial charge in [-0.05, 0) is 23.5 Å². The second-order valence-corrected chi connectivity index (χ2v) is 8.65. The molecule has 1 unspecified atom stereocenters. The number of rotatable bonds is 8. The number of carbonyl (C=O) groups is 1. The van der Waals surface area contributed by atoms with E-state index >= 15 is 0 Å². The zero-order chi connectivity index (χ0) is 21.3. The molecule has 0 radical (unpaired) electrons. The number of nitrogens with zero attached hydrogens (tertiary/aromatic N) is 3. The molecule has 1 aromatic rings. The van der Waals surface area contributed by atoms with Crippen LogP contribution in [0.2, 0.25) is 0 Å². The van der Waals surface area contributed by atoms with Gasteiger partial charge < -0.3 is 20.3 Å². The van der Waals surface area contributed by atoms with Gasteiger partial charge in [-0.25, -0.2) is 0 Å². The van der Waals surface area contributed by atoms with Crippen LogP contribution in [0.3, 0.4) is 0 Å². The van der Waals surface area contributed by atoms with Crippen LogP contribution in [0.4, 0.5) is 0 Å². The second-order valence-electron chi connectivity index (χ2n) is 8.65. The molecule has 0 saturated carbocycles. The molecule has 2 heterocycles. The van der Waals surface area contributed by atoms with Crippen LogP contribution in [-0.4, -0.2) is 74.1 Å². The first-order valence-electron chi connectivity index (χ1n) is 11.2. The molecular weight excluding hydrogens is 505 g/mol. The molecule has 3 rings (SSSR count). The average Bonchev–Trinajstić information content (AvgIpc) is 3.17. The third kappa shape index (κ3) is 8.23. The van der Waals surface area contributed by atoms with Gasteiger partial charge in [-0.3, -0.25) is 14.7 Å². The van der Waals surface area contributed by atoms with Crippen molar-refractivity contribution in [2.75, 3.05) is 46.4 Å². The lowest BCUT2D eigenvalue weighted by atomic mass is 10.1. The van der Waals surface area contributed by atoms with Crippen molar-refractivity contribution in [2.45, 2.75) is 45.9 Å². The lowest BCUT2D eigenvalue weighted by Crippen LogP contribution is -2.50. The number of carbonyl (C=O) groups excluding carboxylic acids is 1. The van der Waals surface area contributed by atoms with E-state index in [9.17, 15) is 4.79 Å². The number of hydrogen-bond donors (Lipinski definition) is 2. The summed E-state index contributed by atoms with van der Waals surface area (Å²) >= 11 is 0. The highest BCUT2D eigenvalue weighted by Gasteiger charge is 2.23.